The van der Waals surface area contributed by atoms with Crippen molar-refractivity contribution in [2.45, 2.75) is 13.5 Å². The van der Waals surface area contributed by atoms with Crippen molar-refractivity contribution in [1.82, 2.24) is 15.3 Å². The standard InChI is InChI=1S/C29H23N3O/c1-20-12-14-21(15-13-20)19-30-29(33)24-16-17-25-26(18-24)32-28(23-10-6-3-7-11-23)27(31-25)22-8-4-2-5-9-22/h2-18H,19H2,1H3,(H,30,33). The molecule has 0 saturated carbocycles. The van der Waals surface area contributed by atoms with Crippen molar-refractivity contribution in [2.75, 3.05) is 0 Å². The second-order valence-electron chi connectivity index (χ2n) is 8.02. The lowest BCUT2D eigenvalue weighted by Gasteiger charge is -2.11. The van der Waals surface area contributed by atoms with Gasteiger partial charge in [-0.2, -0.15) is 0 Å². The summed E-state index contributed by atoms with van der Waals surface area (Å²) >= 11 is 0. The third kappa shape index (κ3) is 4.51. The summed E-state index contributed by atoms with van der Waals surface area (Å²) in [6.45, 7) is 2.52. The number of hydrogen-bond donors (Lipinski definition) is 1. The average molecular weight is 430 g/mol. The van der Waals surface area contributed by atoms with Crippen LogP contribution < -0.4 is 5.32 Å². The van der Waals surface area contributed by atoms with Gasteiger partial charge in [-0.1, -0.05) is 90.5 Å². The van der Waals surface area contributed by atoms with Crippen LogP contribution in [-0.2, 0) is 6.54 Å². The first-order chi connectivity index (χ1) is 16.2. The smallest absolute Gasteiger partial charge is 0.251 e. The second kappa shape index (κ2) is 9.05. The molecule has 5 rings (SSSR count). The monoisotopic (exact) mass is 429 g/mol. The van der Waals surface area contributed by atoms with Gasteiger partial charge in [0.1, 0.15) is 0 Å². The third-order valence-corrected chi connectivity index (χ3v) is 5.59. The van der Waals surface area contributed by atoms with Crippen molar-refractivity contribution in [3.63, 3.8) is 0 Å². The molecule has 160 valence electrons. The molecule has 0 aliphatic rings. The van der Waals surface area contributed by atoms with Crippen molar-refractivity contribution in [2.24, 2.45) is 0 Å². The van der Waals surface area contributed by atoms with Crippen LogP contribution in [0.15, 0.2) is 103 Å². The lowest BCUT2D eigenvalue weighted by molar-refractivity contribution is 0.0951. The van der Waals surface area contributed by atoms with Gasteiger partial charge in [0.15, 0.2) is 0 Å². The van der Waals surface area contributed by atoms with E-state index >= 15 is 0 Å². The Balaban J connectivity index is 1.51. The Kier molecular flexibility index (Phi) is 5.64. The maximum Gasteiger partial charge on any atom is 0.251 e. The maximum absolute atomic E-state index is 12.8. The van der Waals surface area contributed by atoms with Gasteiger partial charge in [-0.15, -0.1) is 0 Å². The molecule has 1 heterocycles. The molecular formula is C29H23N3O. The normalized spacial score (nSPS) is 10.8. The molecule has 0 fully saturated rings. The van der Waals surface area contributed by atoms with Gasteiger partial charge < -0.3 is 5.32 Å². The third-order valence-electron chi connectivity index (χ3n) is 5.59. The van der Waals surface area contributed by atoms with Crippen LogP contribution in [0, 0.1) is 6.92 Å². The van der Waals surface area contributed by atoms with Gasteiger partial charge in [0, 0.05) is 23.2 Å². The molecule has 1 amide bonds. The molecule has 0 aliphatic heterocycles. The molecule has 0 aliphatic carbocycles. The van der Waals surface area contributed by atoms with Crippen molar-refractivity contribution >= 4 is 16.9 Å². The maximum atomic E-state index is 12.8. The number of carbonyl (C=O) groups excluding carboxylic acids is 1. The lowest BCUT2D eigenvalue weighted by atomic mass is 10.0. The van der Waals surface area contributed by atoms with Crippen LogP contribution in [0.1, 0.15) is 21.5 Å². The summed E-state index contributed by atoms with van der Waals surface area (Å²) in [7, 11) is 0. The first-order valence-electron chi connectivity index (χ1n) is 10.9. The van der Waals surface area contributed by atoms with E-state index in [0.29, 0.717) is 17.6 Å². The Morgan fingerprint density at radius 1 is 0.697 bits per heavy atom. The van der Waals surface area contributed by atoms with E-state index in [2.05, 4.69) is 5.32 Å². The molecule has 1 N–H and O–H groups in total. The van der Waals surface area contributed by atoms with E-state index in [4.69, 9.17) is 9.97 Å². The molecule has 0 spiro atoms. The average Bonchev–Trinajstić information content (AvgIpc) is 2.88. The number of aromatic nitrogens is 2. The fourth-order valence-electron chi connectivity index (χ4n) is 3.78. The highest BCUT2D eigenvalue weighted by Crippen LogP contribution is 2.31. The first kappa shape index (κ1) is 20.6. The zero-order chi connectivity index (χ0) is 22.6. The molecular weight excluding hydrogens is 406 g/mol. The van der Waals surface area contributed by atoms with Crippen LogP contribution >= 0.6 is 0 Å². The topological polar surface area (TPSA) is 54.9 Å². The fraction of sp³-hybridized carbons (Fsp3) is 0.0690. The highest BCUT2D eigenvalue weighted by atomic mass is 16.1. The van der Waals surface area contributed by atoms with E-state index in [1.54, 1.807) is 6.07 Å². The molecule has 0 unspecified atom stereocenters. The van der Waals surface area contributed by atoms with Crippen molar-refractivity contribution < 1.29 is 4.79 Å². The Morgan fingerprint density at radius 2 is 1.27 bits per heavy atom. The predicted molar refractivity (Wildman–Crippen MR) is 133 cm³/mol. The first-order valence-corrected chi connectivity index (χ1v) is 10.9. The summed E-state index contributed by atoms with van der Waals surface area (Å²) in [6.07, 6.45) is 0. The van der Waals surface area contributed by atoms with E-state index in [1.807, 2.05) is 104 Å². The molecule has 0 radical (unpaired) electrons. The van der Waals surface area contributed by atoms with Crippen LogP contribution in [0.3, 0.4) is 0 Å². The van der Waals surface area contributed by atoms with Crippen molar-refractivity contribution in [3.05, 3.63) is 120 Å². The SMILES string of the molecule is Cc1ccc(CNC(=O)c2ccc3nc(-c4ccccc4)c(-c4ccccc4)nc3c2)cc1. The number of benzene rings is 4. The van der Waals surface area contributed by atoms with Gasteiger partial charge in [-0.25, -0.2) is 9.97 Å². The van der Waals surface area contributed by atoms with E-state index < -0.39 is 0 Å². The van der Waals surface area contributed by atoms with Gasteiger partial charge in [-0.05, 0) is 30.7 Å². The molecule has 5 aromatic rings. The second-order valence-corrected chi connectivity index (χ2v) is 8.02. The number of rotatable bonds is 5. The minimum Gasteiger partial charge on any atom is -0.348 e. The molecule has 0 bridgehead atoms. The number of amides is 1. The number of fused-ring (bicyclic) bond motifs is 1. The molecule has 4 aromatic carbocycles. The van der Waals surface area contributed by atoms with Crippen LogP contribution in [0.25, 0.3) is 33.5 Å². The summed E-state index contributed by atoms with van der Waals surface area (Å²) in [5.74, 6) is -0.132. The van der Waals surface area contributed by atoms with Crippen molar-refractivity contribution in [3.8, 4) is 22.5 Å². The highest BCUT2D eigenvalue weighted by molar-refractivity contribution is 5.98. The highest BCUT2D eigenvalue weighted by Gasteiger charge is 2.14. The van der Waals surface area contributed by atoms with Crippen LogP contribution in [0.4, 0.5) is 0 Å². The van der Waals surface area contributed by atoms with Gasteiger partial charge in [0.25, 0.3) is 5.91 Å². The van der Waals surface area contributed by atoms with Crippen LogP contribution in [0.2, 0.25) is 0 Å². The molecule has 0 atom stereocenters. The van der Waals surface area contributed by atoms with Crippen LogP contribution in [-0.4, -0.2) is 15.9 Å². The number of aryl methyl sites for hydroxylation is 1. The Morgan fingerprint density at radius 3 is 1.88 bits per heavy atom. The number of carbonyl (C=O) groups is 1. The summed E-state index contributed by atoms with van der Waals surface area (Å²) in [5.41, 5.74) is 7.88. The van der Waals surface area contributed by atoms with E-state index in [1.165, 1.54) is 5.56 Å². The summed E-state index contributed by atoms with van der Waals surface area (Å²) in [5, 5.41) is 3.00. The van der Waals surface area contributed by atoms with Gasteiger partial charge >= 0.3 is 0 Å². The number of nitrogens with zero attached hydrogens (tertiary/aromatic N) is 2. The Bertz CT molecular complexity index is 1410. The van der Waals surface area contributed by atoms with E-state index in [-0.39, 0.29) is 5.91 Å². The van der Waals surface area contributed by atoms with Gasteiger partial charge in [0.2, 0.25) is 0 Å². The zero-order valence-electron chi connectivity index (χ0n) is 18.3. The van der Waals surface area contributed by atoms with E-state index in [0.717, 1.165) is 33.6 Å². The number of hydrogen-bond acceptors (Lipinski definition) is 3. The summed E-state index contributed by atoms with van der Waals surface area (Å²) < 4.78 is 0. The van der Waals surface area contributed by atoms with Crippen molar-refractivity contribution in [1.29, 1.82) is 0 Å². The molecule has 0 saturated heterocycles. The predicted octanol–water partition coefficient (Wildman–Crippen LogP) is 6.20. The largest absolute Gasteiger partial charge is 0.348 e. The molecule has 1 aromatic heterocycles. The summed E-state index contributed by atoms with van der Waals surface area (Å²) in [6, 6.07) is 33.7. The molecule has 4 nitrogen and oxygen atoms in total. The van der Waals surface area contributed by atoms with Gasteiger partial charge in [-0.3, -0.25) is 4.79 Å². The molecule has 33 heavy (non-hydrogen) atoms. The Labute approximate surface area is 193 Å². The van der Waals surface area contributed by atoms with Crippen LogP contribution in [0.5, 0.6) is 0 Å². The zero-order valence-corrected chi connectivity index (χ0v) is 18.3. The summed E-state index contributed by atoms with van der Waals surface area (Å²) in [4.78, 5) is 22.7. The lowest BCUT2D eigenvalue weighted by Crippen LogP contribution is -2.22. The quantitative estimate of drug-likeness (QED) is 0.362. The minimum absolute atomic E-state index is 0.132. The Hall–Kier alpha value is -4.31. The molecule has 4 heteroatoms. The minimum atomic E-state index is -0.132. The van der Waals surface area contributed by atoms with E-state index in [9.17, 15) is 4.79 Å². The number of nitrogens with one attached hydrogen (secondary N) is 1. The van der Waals surface area contributed by atoms with Gasteiger partial charge in [0.05, 0.1) is 22.4 Å². The fourth-order valence-corrected chi connectivity index (χ4v) is 3.78.